The second-order valence-electron chi connectivity index (χ2n) is 10.9. The number of nitrogens with one attached hydrogen (secondary N) is 1. The number of amides is 1. The molecule has 7 nitrogen and oxygen atoms in total. The maximum atomic E-state index is 12.7. The summed E-state index contributed by atoms with van der Waals surface area (Å²) >= 11 is 0. The zero-order valence-corrected chi connectivity index (χ0v) is 23.0. The van der Waals surface area contributed by atoms with Gasteiger partial charge in [0.1, 0.15) is 5.75 Å². The number of rotatable bonds is 10. The highest BCUT2D eigenvalue weighted by molar-refractivity contribution is 5.79. The van der Waals surface area contributed by atoms with E-state index in [2.05, 4.69) is 55.5 Å². The summed E-state index contributed by atoms with van der Waals surface area (Å²) in [5.74, 6) is -0.547. The average Bonchev–Trinajstić information content (AvgIpc) is 3.19. The number of nitrogens with zero attached hydrogens (tertiary/aromatic N) is 2. The van der Waals surface area contributed by atoms with E-state index in [0.29, 0.717) is 25.1 Å². The Morgan fingerprint density at radius 2 is 1.73 bits per heavy atom. The number of aromatic nitrogens is 2. The Morgan fingerprint density at radius 1 is 1.05 bits per heavy atom. The number of aliphatic carboxylic acids is 1. The summed E-state index contributed by atoms with van der Waals surface area (Å²) in [5.41, 5.74) is 4.51. The Labute approximate surface area is 219 Å². The van der Waals surface area contributed by atoms with Crippen LogP contribution in [0, 0.1) is 6.92 Å². The summed E-state index contributed by atoms with van der Waals surface area (Å²) in [6, 6.07) is 15.9. The lowest BCUT2D eigenvalue weighted by Crippen LogP contribution is -2.41. The first-order valence-electron chi connectivity index (χ1n) is 12.7. The molecule has 37 heavy (non-hydrogen) atoms. The molecule has 0 aliphatic carbocycles. The van der Waals surface area contributed by atoms with Gasteiger partial charge in [0.15, 0.2) is 0 Å². The van der Waals surface area contributed by atoms with Crippen LogP contribution in [0.25, 0.3) is 11.3 Å². The molecular weight excluding hydrogens is 466 g/mol. The second-order valence-corrected chi connectivity index (χ2v) is 10.9. The van der Waals surface area contributed by atoms with E-state index >= 15 is 0 Å². The van der Waals surface area contributed by atoms with E-state index in [1.807, 2.05) is 39.1 Å². The zero-order valence-electron chi connectivity index (χ0n) is 23.0. The molecule has 1 heterocycles. The van der Waals surface area contributed by atoms with Crippen molar-refractivity contribution >= 4 is 11.9 Å². The highest BCUT2D eigenvalue weighted by atomic mass is 16.5. The molecule has 0 spiro atoms. The number of carbonyl (C=O) groups is 2. The number of hydrogen-bond acceptors (Lipinski definition) is 4. The Kier molecular flexibility index (Phi) is 8.46. The molecule has 2 N–H and O–H groups in total. The van der Waals surface area contributed by atoms with Crippen molar-refractivity contribution in [1.29, 1.82) is 0 Å². The number of aryl methyl sites for hydroxylation is 2. The molecule has 7 heteroatoms. The van der Waals surface area contributed by atoms with Crippen LogP contribution >= 0.6 is 0 Å². The lowest BCUT2D eigenvalue weighted by Gasteiger charge is -2.27. The van der Waals surface area contributed by atoms with Gasteiger partial charge in [-0.3, -0.25) is 9.48 Å². The van der Waals surface area contributed by atoms with E-state index in [-0.39, 0.29) is 17.7 Å². The minimum absolute atomic E-state index is 0.0892. The summed E-state index contributed by atoms with van der Waals surface area (Å²) in [4.78, 5) is 24.4. The molecule has 1 atom stereocenters. The van der Waals surface area contributed by atoms with Gasteiger partial charge >= 0.3 is 5.97 Å². The van der Waals surface area contributed by atoms with Crippen molar-refractivity contribution in [2.45, 2.75) is 78.4 Å². The van der Waals surface area contributed by atoms with Gasteiger partial charge < -0.3 is 15.2 Å². The molecule has 1 unspecified atom stereocenters. The lowest BCUT2D eigenvalue weighted by atomic mass is 9.86. The third kappa shape index (κ3) is 7.00. The van der Waals surface area contributed by atoms with Crippen LogP contribution in [0.1, 0.15) is 69.8 Å². The summed E-state index contributed by atoms with van der Waals surface area (Å²) < 4.78 is 7.62. The topological polar surface area (TPSA) is 93.5 Å². The van der Waals surface area contributed by atoms with Crippen LogP contribution in [0.3, 0.4) is 0 Å². The molecule has 1 aromatic heterocycles. The number of carboxylic acid groups (broad SMARTS) is 1. The highest BCUT2D eigenvalue weighted by Crippen LogP contribution is 2.28. The van der Waals surface area contributed by atoms with E-state index in [1.165, 1.54) is 5.56 Å². The van der Waals surface area contributed by atoms with Gasteiger partial charge in [-0.1, -0.05) is 70.5 Å². The molecule has 0 fully saturated rings. The maximum absolute atomic E-state index is 12.7. The summed E-state index contributed by atoms with van der Waals surface area (Å²) in [7, 11) is 1.85. The van der Waals surface area contributed by atoms with Gasteiger partial charge in [0, 0.05) is 24.8 Å². The van der Waals surface area contributed by atoms with Crippen molar-refractivity contribution < 1.29 is 19.4 Å². The Morgan fingerprint density at radius 3 is 2.30 bits per heavy atom. The summed E-state index contributed by atoms with van der Waals surface area (Å²) in [6.45, 7) is 12.3. The lowest BCUT2D eigenvalue weighted by molar-refractivity contribution is -0.154. The molecule has 1 amide bonds. The largest absolute Gasteiger partial charge is 0.478 e. The van der Waals surface area contributed by atoms with Crippen molar-refractivity contribution in [2.75, 3.05) is 0 Å². The van der Waals surface area contributed by atoms with E-state index in [9.17, 15) is 14.7 Å². The second kappa shape index (κ2) is 11.2. The molecule has 0 bridgehead atoms. The number of hydrogen-bond donors (Lipinski definition) is 2. The molecule has 0 radical (unpaired) electrons. The quantitative estimate of drug-likeness (QED) is 0.376. The van der Waals surface area contributed by atoms with Gasteiger partial charge in [0.2, 0.25) is 11.5 Å². The molecule has 3 aromatic rings. The van der Waals surface area contributed by atoms with Crippen LogP contribution in [0.5, 0.6) is 5.75 Å². The molecule has 3 rings (SSSR count). The van der Waals surface area contributed by atoms with Crippen molar-refractivity contribution in [1.82, 2.24) is 15.1 Å². The predicted molar refractivity (Wildman–Crippen MR) is 146 cm³/mol. The monoisotopic (exact) mass is 505 g/mol. The third-order valence-electron chi connectivity index (χ3n) is 6.61. The van der Waals surface area contributed by atoms with Crippen LogP contribution in [0.4, 0.5) is 0 Å². The fourth-order valence-electron chi connectivity index (χ4n) is 4.24. The normalized spacial score (nSPS) is 13.2. The molecule has 0 saturated heterocycles. The molecule has 198 valence electrons. The highest BCUT2D eigenvalue weighted by Gasteiger charge is 2.35. The minimum atomic E-state index is -1.27. The molecule has 0 aliphatic heterocycles. The van der Waals surface area contributed by atoms with Gasteiger partial charge in [-0.05, 0) is 54.5 Å². The van der Waals surface area contributed by atoms with Crippen molar-refractivity contribution in [3.8, 4) is 17.0 Å². The predicted octanol–water partition coefficient (Wildman–Crippen LogP) is 5.57. The fourth-order valence-corrected chi connectivity index (χ4v) is 4.24. The standard InChI is InChI=1S/C30H39N3O4/c1-8-15-30(6,28(35)36)37-26-14-9-21(16-20(26)2)19-31-27(34)18-24-17-25(32-33(24)7)22-10-12-23(13-11-22)29(3,4)5/h9-14,16-17H,8,15,18-19H2,1-7H3,(H,31,34)(H,35,36). The Balaban J connectivity index is 1.61. The van der Waals surface area contributed by atoms with Crippen molar-refractivity contribution in [3.63, 3.8) is 0 Å². The number of carbonyl (C=O) groups excluding carboxylic acids is 1. The van der Waals surface area contributed by atoms with E-state index < -0.39 is 11.6 Å². The van der Waals surface area contributed by atoms with E-state index in [0.717, 1.165) is 28.1 Å². The van der Waals surface area contributed by atoms with Gasteiger partial charge in [-0.25, -0.2) is 4.79 Å². The zero-order chi connectivity index (χ0) is 27.4. The SMILES string of the molecule is CCCC(C)(Oc1ccc(CNC(=O)Cc2cc(-c3ccc(C(C)(C)C)cc3)nn2C)cc1C)C(=O)O. The van der Waals surface area contributed by atoms with Gasteiger partial charge in [-0.2, -0.15) is 5.10 Å². The first-order valence-corrected chi connectivity index (χ1v) is 12.7. The maximum Gasteiger partial charge on any atom is 0.347 e. The van der Waals surface area contributed by atoms with Gasteiger partial charge in [0.05, 0.1) is 12.1 Å². The number of benzene rings is 2. The van der Waals surface area contributed by atoms with Crippen LogP contribution in [0.15, 0.2) is 48.5 Å². The van der Waals surface area contributed by atoms with E-state index in [4.69, 9.17) is 4.74 Å². The number of ether oxygens (including phenoxy) is 1. The third-order valence-corrected chi connectivity index (χ3v) is 6.61. The first kappa shape index (κ1) is 28.0. The Bertz CT molecular complexity index is 1250. The summed E-state index contributed by atoms with van der Waals surface area (Å²) in [5, 5.41) is 17.2. The summed E-state index contributed by atoms with van der Waals surface area (Å²) in [6.07, 6.45) is 1.34. The number of carboxylic acids is 1. The fraction of sp³-hybridized carbons (Fsp3) is 0.433. The Hall–Kier alpha value is -3.61. The molecule has 0 saturated carbocycles. The first-order chi connectivity index (χ1) is 17.3. The smallest absolute Gasteiger partial charge is 0.347 e. The van der Waals surface area contributed by atoms with Gasteiger partial charge in [0.25, 0.3) is 0 Å². The average molecular weight is 506 g/mol. The molecular formula is C30H39N3O4. The van der Waals surface area contributed by atoms with Crippen LogP contribution in [-0.4, -0.2) is 32.4 Å². The molecule has 2 aromatic carbocycles. The van der Waals surface area contributed by atoms with Crippen molar-refractivity contribution in [3.05, 3.63) is 70.9 Å². The van der Waals surface area contributed by atoms with E-state index in [1.54, 1.807) is 17.7 Å². The van der Waals surface area contributed by atoms with Crippen LogP contribution < -0.4 is 10.1 Å². The van der Waals surface area contributed by atoms with Crippen LogP contribution in [-0.2, 0) is 35.0 Å². The van der Waals surface area contributed by atoms with Gasteiger partial charge in [-0.15, -0.1) is 0 Å². The van der Waals surface area contributed by atoms with Crippen LogP contribution in [0.2, 0.25) is 0 Å². The van der Waals surface area contributed by atoms with Crippen molar-refractivity contribution in [2.24, 2.45) is 7.05 Å². The minimum Gasteiger partial charge on any atom is -0.478 e. The molecule has 0 aliphatic rings.